The summed E-state index contributed by atoms with van der Waals surface area (Å²) in [5, 5.41) is 2.61. The van der Waals surface area contributed by atoms with E-state index in [1.54, 1.807) is 6.07 Å². The zero-order valence-electron chi connectivity index (χ0n) is 14.0. The lowest BCUT2D eigenvalue weighted by atomic mass is 9.90. The molecular weight excluding hydrogens is 320 g/mol. The Hall–Kier alpha value is -2.82. The van der Waals surface area contributed by atoms with Crippen molar-refractivity contribution in [1.82, 2.24) is 0 Å². The first-order valence-electron chi connectivity index (χ1n) is 8.39. The smallest absolute Gasteiger partial charge is 0.343 e. The minimum atomic E-state index is -0.446. The predicted molar refractivity (Wildman–Crippen MR) is 94.1 cm³/mol. The largest absolute Gasteiger partial charge is 0.481 e. The first kappa shape index (κ1) is 15.7. The van der Waals surface area contributed by atoms with Crippen LogP contribution in [0.15, 0.2) is 39.5 Å². The van der Waals surface area contributed by atoms with Crippen molar-refractivity contribution < 1.29 is 18.7 Å². The van der Waals surface area contributed by atoms with Gasteiger partial charge in [0.25, 0.3) is 0 Å². The molecule has 0 bridgehead atoms. The van der Waals surface area contributed by atoms with Crippen molar-refractivity contribution in [2.75, 3.05) is 13.7 Å². The lowest BCUT2D eigenvalue weighted by Crippen LogP contribution is -2.16. The summed E-state index contributed by atoms with van der Waals surface area (Å²) < 4.78 is 15.9. The molecule has 0 aliphatic heterocycles. The van der Waals surface area contributed by atoms with Gasteiger partial charge >= 0.3 is 11.6 Å². The van der Waals surface area contributed by atoms with Gasteiger partial charge in [-0.1, -0.05) is 18.2 Å². The molecule has 1 aromatic heterocycles. The SMILES string of the molecule is COC(=O)COc1cccc2c1ccc1c3c(c(=O)oc12)CCCC3. The highest BCUT2D eigenvalue weighted by atomic mass is 16.6. The van der Waals surface area contributed by atoms with Crippen LogP contribution in [0.4, 0.5) is 0 Å². The molecule has 0 spiro atoms. The second-order valence-corrected chi connectivity index (χ2v) is 6.21. The molecule has 0 atom stereocenters. The molecular formula is C20H18O5. The van der Waals surface area contributed by atoms with E-state index < -0.39 is 5.97 Å². The van der Waals surface area contributed by atoms with Crippen molar-refractivity contribution in [2.45, 2.75) is 25.7 Å². The van der Waals surface area contributed by atoms with E-state index in [4.69, 9.17) is 9.15 Å². The predicted octanol–water partition coefficient (Wildman–Crippen LogP) is 3.38. The van der Waals surface area contributed by atoms with Crippen LogP contribution in [-0.4, -0.2) is 19.7 Å². The normalized spacial score (nSPS) is 13.6. The van der Waals surface area contributed by atoms with Gasteiger partial charge in [0.15, 0.2) is 6.61 Å². The van der Waals surface area contributed by atoms with Crippen molar-refractivity contribution in [3.05, 3.63) is 51.9 Å². The summed E-state index contributed by atoms with van der Waals surface area (Å²) in [5.41, 5.74) is 2.28. The summed E-state index contributed by atoms with van der Waals surface area (Å²) in [6.07, 6.45) is 3.81. The Labute approximate surface area is 144 Å². The van der Waals surface area contributed by atoms with Gasteiger partial charge in [-0.05, 0) is 43.4 Å². The number of hydrogen-bond acceptors (Lipinski definition) is 5. The number of benzene rings is 2. The second-order valence-electron chi connectivity index (χ2n) is 6.21. The number of carbonyl (C=O) groups is 1. The van der Waals surface area contributed by atoms with E-state index in [2.05, 4.69) is 4.74 Å². The number of hydrogen-bond donors (Lipinski definition) is 0. The van der Waals surface area contributed by atoms with E-state index >= 15 is 0 Å². The van der Waals surface area contributed by atoms with Crippen LogP contribution in [0.1, 0.15) is 24.0 Å². The van der Waals surface area contributed by atoms with Crippen LogP contribution in [-0.2, 0) is 22.4 Å². The van der Waals surface area contributed by atoms with E-state index in [9.17, 15) is 9.59 Å². The Balaban J connectivity index is 1.91. The third-order valence-electron chi connectivity index (χ3n) is 4.78. The monoisotopic (exact) mass is 338 g/mol. The first-order chi connectivity index (χ1) is 12.2. The van der Waals surface area contributed by atoms with Crippen molar-refractivity contribution >= 4 is 27.7 Å². The number of fused-ring (bicyclic) bond motifs is 5. The fourth-order valence-electron chi connectivity index (χ4n) is 3.55. The zero-order chi connectivity index (χ0) is 17.4. The van der Waals surface area contributed by atoms with E-state index in [1.807, 2.05) is 24.3 Å². The van der Waals surface area contributed by atoms with Crippen LogP contribution in [0.5, 0.6) is 5.75 Å². The quantitative estimate of drug-likeness (QED) is 0.416. The molecule has 2 aromatic carbocycles. The maximum Gasteiger partial charge on any atom is 0.343 e. The van der Waals surface area contributed by atoms with Gasteiger partial charge in [-0.25, -0.2) is 9.59 Å². The first-order valence-corrected chi connectivity index (χ1v) is 8.39. The molecule has 0 saturated carbocycles. The van der Waals surface area contributed by atoms with Crippen molar-refractivity contribution in [1.29, 1.82) is 0 Å². The topological polar surface area (TPSA) is 65.7 Å². The number of rotatable bonds is 3. The molecule has 5 heteroatoms. The van der Waals surface area contributed by atoms with Gasteiger partial charge in [-0.2, -0.15) is 0 Å². The molecule has 5 nitrogen and oxygen atoms in total. The van der Waals surface area contributed by atoms with Crippen LogP contribution < -0.4 is 10.4 Å². The lowest BCUT2D eigenvalue weighted by molar-refractivity contribution is -0.142. The molecule has 0 amide bonds. The van der Waals surface area contributed by atoms with E-state index in [0.29, 0.717) is 11.3 Å². The van der Waals surface area contributed by atoms with Crippen LogP contribution in [0, 0.1) is 0 Å². The second kappa shape index (κ2) is 6.24. The molecule has 0 unspecified atom stereocenters. The highest BCUT2D eigenvalue weighted by Gasteiger charge is 2.19. The van der Waals surface area contributed by atoms with Crippen molar-refractivity contribution in [2.24, 2.45) is 0 Å². The molecule has 128 valence electrons. The third-order valence-corrected chi connectivity index (χ3v) is 4.78. The molecule has 25 heavy (non-hydrogen) atoms. The fraction of sp³-hybridized carbons (Fsp3) is 0.300. The summed E-state index contributed by atoms with van der Waals surface area (Å²) in [5.74, 6) is 0.114. The number of ether oxygens (including phenoxy) is 2. The van der Waals surface area contributed by atoms with Crippen molar-refractivity contribution in [3.8, 4) is 5.75 Å². The van der Waals surface area contributed by atoms with Gasteiger partial charge < -0.3 is 13.9 Å². The highest BCUT2D eigenvalue weighted by Crippen LogP contribution is 2.34. The summed E-state index contributed by atoms with van der Waals surface area (Å²) in [6, 6.07) is 9.46. The van der Waals surface area contributed by atoms with E-state index in [1.165, 1.54) is 7.11 Å². The van der Waals surface area contributed by atoms with Crippen molar-refractivity contribution in [3.63, 3.8) is 0 Å². The average molecular weight is 338 g/mol. The Bertz CT molecular complexity index is 1030. The van der Waals surface area contributed by atoms with Gasteiger partial charge in [0.1, 0.15) is 11.3 Å². The van der Waals surface area contributed by atoms with Crippen LogP contribution in [0.3, 0.4) is 0 Å². The van der Waals surface area contributed by atoms with Crippen LogP contribution >= 0.6 is 0 Å². The molecule has 0 saturated heterocycles. The molecule has 3 aromatic rings. The Morgan fingerprint density at radius 1 is 1.04 bits per heavy atom. The maximum atomic E-state index is 12.4. The number of esters is 1. The average Bonchev–Trinajstić information content (AvgIpc) is 2.66. The van der Waals surface area contributed by atoms with Gasteiger partial charge in [0.05, 0.1) is 7.11 Å². The Morgan fingerprint density at radius 2 is 1.80 bits per heavy atom. The summed E-state index contributed by atoms with van der Waals surface area (Å²) in [6.45, 7) is -0.165. The molecule has 0 fully saturated rings. The highest BCUT2D eigenvalue weighted by molar-refractivity contribution is 6.07. The third kappa shape index (κ3) is 2.65. The van der Waals surface area contributed by atoms with Crippen LogP contribution in [0.25, 0.3) is 21.7 Å². The van der Waals surface area contributed by atoms with E-state index in [0.717, 1.165) is 53.0 Å². The minimum absolute atomic E-state index is 0.165. The number of methoxy groups -OCH3 is 1. The van der Waals surface area contributed by atoms with Gasteiger partial charge in [0.2, 0.25) is 0 Å². The summed E-state index contributed by atoms with van der Waals surface area (Å²) >= 11 is 0. The van der Waals surface area contributed by atoms with Gasteiger partial charge in [-0.3, -0.25) is 0 Å². The van der Waals surface area contributed by atoms with E-state index in [-0.39, 0.29) is 12.2 Å². The molecule has 1 aliphatic rings. The Morgan fingerprint density at radius 3 is 2.60 bits per heavy atom. The minimum Gasteiger partial charge on any atom is -0.481 e. The molecule has 4 rings (SSSR count). The standard InChI is InChI=1S/C20H18O5/c1-23-18(21)11-24-17-8-4-7-14-13(17)9-10-15-12-5-2-3-6-16(12)20(22)25-19(14)15/h4,7-10H,2-3,5-6,11H2,1H3. The number of carbonyl (C=O) groups excluding carboxylic acids is 1. The maximum absolute atomic E-state index is 12.4. The zero-order valence-corrected chi connectivity index (χ0v) is 14.0. The molecule has 1 aliphatic carbocycles. The number of aryl methyl sites for hydroxylation is 1. The lowest BCUT2D eigenvalue weighted by Gasteiger charge is -2.17. The van der Waals surface area contributed by atoms with Gasteiger partial charge in [0, 0.05) is 21.7 Å². The van der Waals surface area contributed by atoms with Crippen LogP contribution in [0.2, 0.25) is 0 Å². The summed E-state index contributed by atoms with van der Waals surface area (Å²) in [4.78, 5) is 23.7. The Kier molecular flexibility index (Phi) is 3.92. The fourth-order valence-corrected chi connectivity index (χ4v) is 3.55. The molecule has 0 N–H and O–H groups in total. The van der Waals surface area contributed by atoms with Gasteiger partial charge in [-0.15, -0.1) is 0 Å². The molecule has 1 heterocycles. The summed E-state index contributed by atoms with van der Waals surface area (Å²) in [7, 11) is 1.32. The molecule has 0 radical (unpaired) electrons.